The average molecular weight is 449 g/mol. The molecule has 0 N–H and O–H groups in total. The van der Waals surface area contributed by atoms with Crippen LogP contribution in [0, 0.1) is 6.92 Å². The summed E-state index contributed by atoms with van der Waals surface area (Å²) in [6, 6.07) is 8.44. The molecule has 0 aliphatic heterocycles. The fraction of sp³-hybridized carbons (Fsp3) is 0.286. The Bertz CT molecular complexity index is 1180. The molecule has 3 aromatic rings. The minimum absolute atomic E-state index is 0.0763. The normalized spacial score (nSPS) is 11.6. The lowest BCUT2D eigenvalue weighted by Gasteiger charge is -2.08. The van der Waals surface area contributed by atoms with E-state index < -0.39 is 11.9 Å². The van der Waals surface area contributed by atoms with Crippen LogP contribution in [0.2, 0.25) is 5.02 Å². The molecule has 7 nitrogen and oxygen atoms in total. The summed E-state index contributed by atoms with van der Waals surface area (Å²) in [5, 5.41) is 0.565. The van der Waals surface area contributed by atoms with Crippen LogP contribution >= 0.6 is 22.9 Å². The van der Waals surface area contributed by atoms with Crippen molar-refractivity contribution in [1.82, 2.24) is 4.57 Å². The van der Waals surface area contributed by atoms with Crippen LogP contribution in [0.25, 0.3) is 10.2 Å². The van der Waals surface area contributed by atoms with E-state index in [1.807, 2.05) is 13.0 Å². The van der Waals surface area contributed by atoms with Crippen LogP contribution in [0.3, 0.4) is 0 Å². The van der Waals surface area contributed by atoms with Crippen molar-refractivity contribution in [3.63, 3.8) is 0 Å². The van der Waals surface area contributed by atoms with Crippen molar-refractivity contribution < 1.29 is 23.8 Å². The second-order valence-electron chi connectivity index (χ2n) is 6.28. The summed E-state index contributed by atoms with van der Waals surface area (Å²) in [7, 11) is 3.02. The topological polar surface area (TPSA) is 79.1 Å². The fourth-order valence-corrected chi connectivity index (χ4v) is 4.24. The molecule has 0 unspecified atom stereocenters. The van der Waals surface area contributed by atoms with E-state index in [0.717, 1.165) is 15.8 Å². The Labute approximate surface area is 182 Å². The molecule has 0 saturated carbocycles. The van der Waals surface area contributed by atoms with Crippen LogP contribution in [-0.4, -0.2) is 37.3 Å². The number of halogens is 1. The first kappa shape index (κ1) is 21.9. The fourth-order valence-electron chi connectivity index (χ4n) is 3.00. The largest absolute Gasteiger partial charge is 0.493 e. The third-order valence-corrected chi connectivity index (χ3v) is 5.90. The van der Waals surface area contributed by atoms with Gasteiger partial charge in [0.1, 0.15) is 6.54 Å². The number of rotatable bonds is 6. The summed E-state index contributed by atoms with van der Waals surface area (Å²) < 4.78 is 18.1. The van der Waals surface area contributed by atoms with Gasteiger partial charge in [0.2, 0.25) is 0 Å². The molecule has 1 heterocycles. The quantitative estimate of drug-likeness (QED) is 0.533. The number of hydrogen-bond acceptors (Lipinski definition) is 6. The van der Waals surface area contributed by atoms with Gasteiger partial charge < -0.3 is 18.8 Å². The number of nitrogens with zero attached hydrogens (tertiary/aromatic N) is 2. The van der Waals surface area contributed by atoms with Crippen molar-refractivity contribution in [3.05, 3.63) is 51.3 Å². The zero-order valence-electron chi connectivity index (χ0n) is 17.0. The second kappa shape index (κ2) is 9.32. The number of aryl methyl sites for hydroxylation is 1. The highest BCUT2D eigenvalue weighted by atomic mass is 35.5. The number of ether oxygens (including phenoxy) is 3. The number of fused-ring (bicyclic) bond motifs is 1. The van der Waals surface area contributed by atoms with Gasteiger partial charge in [-0.15, -0.1) is 0 Å². The smallest absolute Gasteiger partial charge is 0.326 e. The standard InChI is InChI=1S/C21H21ClN2O5S/c1-5-29-18(25)11-24-19-12(2)14(22)7-9-17(19)30-21(24)23-20(26)13-6-8-15(27-3)16(10-13)28-4/h6-10H,5,11H2,1-4H3. The molecule has 0 fully saturated rings. The lowest BCUT2D eigenvalue weighted by Crippen LogP contribution is -2.23. The highest BCUT2D eigenvalue weighted by Gasteiger charge is 2.16. The summed E-state index contributed by atoms with van der Waals surface area (Å²) in [5.41, 5.74) is 1.89. The monoisotopic (exact) mass is 448 g/mol. The Balaban J connectivity index is 2.14. The number of esters is 1. The van der Waals surface area contributed by atoms with Crippen molar-refractivity contribution in [2.24, 2.45) is 4.99 Å². The van der Waals surface area contributed by atoms with Crippen molar-refractivity contribution >= 4 is 45.0 Å². The third kappa shape index (κ3) is 4.34. The van der Waals surface area contributed by atoms with Crippen LogP contribution in [0.4, 0.5) is 0 Å². The number of aromatic nitrogens is 1. The van der Waals surface area contributed by atoms with E-state index in [-0.39, 0.29) is 13.2 Å². The SMILES string of the molecule is CCOC(=O)Cn1c(=NC(=O)c2ccc(OC)c(OC)c2)sc2ccc(Cl)c(C)c21. The minimum atomic E-state index is -0.469. The van der Waals surface area contributed by atoms with Gasteiger partial charge in [-0.25, -0.2) is 0 Å². The van der Waals surface area contributed by atoms with E-state index in [4.69, 9.17) is 25.8 Å². The van der Waals surface area contributed by atoms with Crippen molar-refractivity contribution in [1.29, 1.82) is 0 Å². The Morgan fingerprint density at radius 1 is 1.13 bits per heavy atom. The molecular weight excluding hydrogens is 428 g/mol. The number of methoxy groups -OCH3 is 2. The van der Waals surface area contributed by atoms with Gasteiger partial charge in [-0.1, -0.05) is 22.9 Å². The number of hydrogen-bond donors (Lipinski definition) is 0. The Morgan fingerprint density at radius 2 is 1.87 bits per heavy atom. The Morgan fingerprint density at radius 3 is 2.53 bits per heavy atom. The van der Waals surface area contributed by atoms with Crippen LogP contribution in [0.1, 0.15) is 22.8 Å². The molecule has 0 spiro atoms. The van der Waals surface area contributed by atoms with Gasteiger partial charge in [0.15, 0.2) is 16.3 Å². The lowest BCUT2D eigenvalue weighted by atomic mass is 10.2. The molecule has 2 aromatic carbocycles. The summed E-state index contributed by atoms with van der Waals surface area (Å²) in [6.45, 7) is 3.78. The number of carbonyl (C=O) groups is 2. The van der Waals surface area contributed by atoms with E-state index in [2.05, 4.69) is 4.99 Å². The second-order valence-corrected chi connectivity index (χ2v) is 7.70. The maximum Gasteiger partial charge on any atom is 0.326 e. The summed E-state index contributed by atoms with van der Waals surface area (Å²) >= 11 is 7.58. The average Bonchev–Trinajstić information content (AvgIpc) is 3.07. The highest BCUT2D eigenvalue weighted by molar-refractivity contribution is 7.16. The molecule has 158 valence electrons. The van der Waals surface area contributed by atoms with E-state index in [9.17, 15) is 9.59 Å². The molecule has 30 heavy (non-hydrogen) atoms. The van der Waals surface area contributed by atoms with Gasteiger partial charge in [0, 0.05) is 10.6 Å². The molecule has 1 amide bonds. The molecule has 0 saturated heterocycles. The maximum atomic E-state index is 12.9. The minimum Gasteiger partial charge on any atom is -0.493 e. The molecule has 1 aromatic heterocycles. The highest BCUT2D eigenvalue weighted by Crippen LogP contribution is 2.29. The van der Waals surface area contributed by atoms with Gasteiger partial charge in [-0.05, 0) is 49.7 Å². The molecular formula is C21H21ClN2O5S. The predicted octanol–water partition coefficient (Wildman–Crippen LogP) is 3.99. The molecule has 0 atom stereocenters. The van der Waals surface area contributed by atoms with Gasteiger partial charge in [0.25, 0.3) is 5.91 Å². The van der Waals surface area contributed by atoms with Crippen LogP contribution in [0.15, 0.2) is 35.3 Å². The van der Waals surface area contributed by atoms with E-state index in [1.54, 1.807) is 35.8 Å². The Hall–Kier alpha value is -2.84. The van der Waals surface area contributed by atoms with Crippen LogP contribution < -0.4 is 14.3 Å². The number of amides is 1. The van der Waals surface area contributed by atoms with Crippen molar-refractivity contribution in [3.8, 4) is 11.5 Å². The molecule has 0 bridgehead atoms. The molecule has 0 radical (unpaired) electrons. The zero-order valence-corrected chi connectivity index (χ0v) is 18.6. The molecule has 3 rings (SSSR count). The van der Waals surface area contributed by atoms with Gasteiger partial charge in [-0.2, -0.15) is 4.99 Å². The summed E-state index contributed by atoms with van der Waals surface area (Å²) in [6.07, 6.45) is 0. The first-order valence-electron chi connectivity index (χ1n) is 9.14. The number of thiazole rings is 1. The Kier molecular flexibility index (Phi) is 6.79. The van der Waals surface area contributed by atoms with E-state index >= 15 is 0 Å². The number of carbonyl (C=O) groups excluding carboxylic acids is 2. The van der Waals surface area contributed by atoms with E-state index in [1.165, 1.54) is 25.6 Å². The molecule has 0 aliphatic rings. The van der Waals surface area contributed by atoms with Crippen molar-refractivity contribution in [2.45, 2.75) is 20.4 Å². The third-order valence-electron chi connectivity index (χ3n) is 4.45. The van der Waals surface area contributed by atoms with Gasteiger partial charge in [0.05, 0.1) is 31.0 Å². The van der Waals surface area contributed by atoms with Crippen LogP contribution in [-0.2, 0) is 16.1 Å². The molecule has 9 heteroatoms. The first-order valence-corrected chi connectivity index (χ1v) is 10.3. The number of benzene rings is 2. The summed E-state index contributed by atoms with van der Waals surface area (Å²) in [4.78, 5) is 29.7. The van der Waals surface area contributed by atoms with Crippen LogP contribution in [0.5, 0.6) is 11.5 Å². The molecule has 0 aliphatic carbocycles. The van der Waals surface area contributed by atoms with E-state index in [0.29, 0.717) is 26.9 Å². The lowest BCUT2D eigenvalue weighted by molar-refractivity contribution is -0.143. The van der Waals surface area contributed by atoms with Crippen molar-refractivity contribution in [2.75, 3.05) is 20.8 Å². The zero-order chi connectivity index (χ0) is 21.8. The summed E-state index contributed by atoms with van der Waals surface area (Å²) in [5.74, 6) is 0.0518. The first-order chi connectivity index (χ1) is 14.4. The van der Waals surface area contributed by atoms with Gasteiger partial charge >= 0.3 is 5.97 Å². The predicted molar refractivity (Wildman–Crippen MR) is 116 cm³/mol. The van der Waals surface area contributed by atoms with Gasteiger partial charge in [-0.3, -0.25) is 9.59 Å². The maximum absolute atomic E-state index is 12.9.